The Morgan fingerprint density at radius 2 is 1.22 bits per heavy atom. The Hall–Kier alpha value is -0.160. The minimum absolute atomic E-state index is 0.234. The predicted molar refractivity (Wildman–Crippen MR) is 111 cm³/mol. The van der Waals surface area contributed by atoms with Crippen molar-refractivity contribution in [2.24, 2.45) is 5.92 Å². The fourth-order valence-corrected chi connectivity index (χ4v) is 4.39. The highest BCUT2D eigenvalue weighted by molar-refractivity contribution is 4.81. The third-order valence-electron chi connectivity index (χ3n) is 6.64. The lowest BCUT2D eigenvalue weighted by Crippen LogP contribution is -2.46. The number of rotatable bonds is 14. The molecule has 0 bridgehead atoms. The Morgan fingerprint density at radius 1 is 0.778 bits per heavy atom. The number of hydrogen-bond acceptors (Lipinski definition) is 4. The molecule has 4 heteroatoms. The van der Waals surface area contributed by atoms with Gasteiger partial charge >= 0.3 is 0 Å². The molecule has 0 spiro atoms. The third kappa shape index (κ3) is 6.99. The van der Waals surface area contributed by atoms with E-state index in [1.807, 2.05) is 0 Å². The molecular formula is C23H46O4. The van der Waals surface area contributed by atoms with Gasteiger partial charge in [0.1, 0.15) is 11.2 Å². The minimum atomic E-state index is -0.787. The Morgan fingerprint density at radius 3 is 1.56 bits per heavy atom. The highest BCUT2D eigenvalue weighted by Gasteiger charge is 2.44. The fraction of sp³-hybridized carbons (Fsp3) is 1.00. The first-order valence-corrected chi connectivity index (χ1v) is 11.6. The van der Waals surface area contributed by atoms with Gasteiger partial charge in [0.2, 0.25) is 5.79 Å². The van der Waals surface area contributed by atoms with Crippen LogP contribution in [0.2, 0.25) is 0 Å². The van der Waals surface area contributed by atoms with Gasteiger partial charge in [-0.2, -0.15) is 9.78 Å². The molecule has 27 heavy (non-hydrogen) atoms. The summed E-state index contributed by atoms with van der Waals surface area (Å²) in [4.78, 5) is 24.6. The zero-order chi connectivity index (χ0) is 20.4. The molecule has 0 radical (unpaired) electrons. The molecule has 1 fully saturated rings. The van der Waals surface area contributed by atoms with E-state index in [0.29, 0.717) is 5.92 Å². The van der Waals surface area contributed by atoms with Crippen LogP contribution in [0.4, 0.5) is 0 Å². The van der Waals surface area contributed by atoms with Crippen molar-refractivity contribution < 1.29 is 19.6 Å². The predicted octanol–water partition coefficient (Wildman–Crippen LogP) is 7.51. The fourth-order valence-electron chi connectivity index (χ4n) is 4.39. The summed E-state index contributed by atoms with van der Waals surface area (Å²) in [5, 5.41) is 0. The van der Waals surface area contributed by atoms with Crippen LogP contribution in [0.15, 0.2) is 0 Å². The topological polar surface area (TPSA) is 36.9 Å². The van der Waals surface area contributed by atoms with Crippen molar-refractivity contribution in [2.75, 3.05) is 0 Å². The maximum Gasteiger partial charge on any atom is 0.234 e. The Bertz CT molecular complexity index is 362. The Kier molecular flexibility index (Phi) is 10.8. The number of hydrogen-bond donors (Lipinski definition) is 0. The van der Waals surface area contributed by atoms with Crippen LogP contribution in [0, 0.1) is 5.92 Å². The summed E-state index contributed by atoms with van der Waals surface area (Å²) in [6.45, 7) is 15.4. The van der Waals surface area contributed by atoms with E-state index in [-0.39, 0.29) is 11.2 Å². The molecule has 0 N–H and O–H groups in total. The van der Waals surface area contributed by atoms with Crippen molar-refractivity contribution in [1.82, 2.24) is 0 Å². The molecule has 0 heterocycles. The normalized spacial score (nSPS) is 20.8. The quantitative estimate of drug-likeness (QED) is 0.176. The smallest absolute Gasteiger partial charge is 0.227 e. The van der Waals surface area contributed by atoms with Crippen LogP contribution in [0.25, 0.3) is 0 Å². The monoisotopic (exact) mass is 386 g/mol. The Labute approximate surface area is 168 Å². The van der Waals surface area contributed by atoms with Gasteiger partial charge < -0.3 is 0 Å². The first-order chi connectivity index (χ1) is 12.9. The molecule has 0 amide bonds. The molecule has 0 aromatic carbocycles. The third-order valence-corrected chi connectivity index (χ3v) is 6.64. The minimum Gasteiger partial charge on any atom is -0.227 e. The summed E-state index contributed by atoms with van der Waals surface area (Å²) in [5.41, 5.74) is -0.469. The standard InChI is InChI=1S/C23H46O4/c1-8-16-21(10-3,11-4)24-26-23(18-14-15-20(7)19-23)27-25-22(12-5,13-6)17-9-2/h20H,8-19H2,1-7H3. The summed E-state index contributed by atoms with van der Waals surface area (Å²) >= 11 is 0. The average Bonchev–Trinajstić information content (AvgIpc) is 2.69. The molecule has 0 aromatic heterocycles. The highest BCUT2D eigenvalue weighted by atomic mass is 17.3. The van der Waals surface area contributed by atoms with E-state index in [4.69, 9.17) is 19.6 Å². The van der Waals surface area contributed by atoms with Gasteiger partial charge in [0.15, 0.2) is 0 Å². The molecule has 0 aliphatic heterocycles. The van der Waals surface area contributed by atoms with Crippen molar-refractivity contribution in [3.63, 3.8) is 0 Å². The van der Waals surface area contributed by atoms with Crippen molar-refractivity contribution >= 4 is 0 Å². The average molecular weight is 387 g/mol. The zero-order valence-electron chi connectivity index (χ0n) is 19.2. The van der Waals surface area contributed by atoms with Gasteiger partial charge in [-0.1, -0.05) is 67.7 Å². The van der Waals surface area contributed by atoms with Crippen LogP contribution in [-0.4, -0.2) is 17.0 Å². The second-order valence-electron chi connectivity index (χ2n) is 8.73. The van der Waals surface area contributed by atoms with E-state index >= 15 is 0 Å². The van der Waals surface area contributed by atoms with Gasteiger partial charge in [-0.25, -0.2) is 9.78 Å². The lowest BCUT2D eigenvalue weighted by Gasteiger charge is -2.42. The van der Waals surface area contributed by atoms with Gasteiger partial charge in [-0.05, 0) is 50.9 Å². The SMILES string of the molecule is CCCC(CC)(CC)OOC1(OOC(CC)(CC)CCC)CCCC(C)C1. The highest BCUT2D eigenvalue weighted by Crippen LogP contribution is 2.41. The Balaban J connectivity index is 2.91. The molecule has 0 aromatic rings. The second kappa shape index (κ2) is 11.7. The van der Waals surface area contributed by atoms with E-state index in [9.17, 15) is 0 Å². The van der Waals surface area contributed by atoms with E-state index in [1.165, 1.54) is 6.42 Å². The van der Waals surface area contributed by atoms with Crippen molar-refractivity contribution in [3.05, 3.63) is 0 Å². The lowest BCUT2D eigenvalue weighted by molar-refractivity contribution is -0.554. The molecule has 1 unspecified atom stereocenters. The molecule has 4 nitrogen and oxygen atoms in total. The lowest BCUT2D eigenvalue weighted by atomic mass is 9.86. The molecular weight excluding hydrogens is 340 g/mol. The van der Waals surface area contributed by atoms with Gasteiger partial charge in [-0.15, -0.1) is 0 Å². The molecule has 1 rings (SSSR count). The summed E-state index contributed by atoms with van der Waals surface area (Å²) in [6, 6.07) is 0. The van der Waals surface area contributed by atoms with Crippen LogP contribution < -0.4 is 0 Å². The van der Waals surface area contributed by atoms with Crippen LogP contribution in [0.1, 0.15) is 126 Å². The van der Waals surface area contributed by atoms with E-state index in [0.717, 1.165) is 70.6 Å². The van der Waals surface area contributed by atoms with Gasteiger partial charge in [0.25, 0.3) is 0 Å². The van der Waals surface area contributed by atoms with Crippen LogP contribution in [0.3, 0.4) is 0 Å². The molecule has 1 saturated carbocycles. The summed E-state index contributed by atoms with van der Waals surface area (Å²) in [5.74, 6) is -0.247. The van der Waals surface area contributed by atoms with E-state index in [2.05, 4.69) is 48.5 Å². The van der Waals surface area contributed by atoms with Crippen LogP contribution in [0.5, 0.6) is 0 Å². The van der Waals surface area contributed by atoms with Gasteiger partial charge in [0, 0.05) is 12.8 Å². The maximum absolute atomic E-state index is 6.16. The zero-order valence-corrected chi connectivity index (χ0v) is 19.2. The van der Waals surface area contributed by atoms with Crippen molar-refractivity contribution in [3.8, 4) is 0 Å². The molecule has 0 saturated heterocycles. The summed E-state index contributed by atoms with van der Waals surface area (Å²) in [6.07, 6.45) is 11.8. The van der Waals surface area contributed by atoms with Gasteiger partial charge in [-0.3, -0.25) is 0 Å². The van der Waals surface area contributed by atoms with E-state index < -0.39 is 5.79 Å². The van der Waals surface area contributed by atoms with Gasteiger partial charge in [0.05, 0.1) is 0 Å². The van der Waals surface area contributed by atoms with Crippen LogP contribution >= 0.6 is 0 Å². The molecule has 1 atom stereocenters. The maximum atomic E-state index is 6.16. The first-order valence-electron chi connectivity index (χ1n) is 11.6. The van der Waals surface area contributed by atoms with Crippen molar-refractivity contribution in [1.29, 1.82) is 0 Å². The second-order valence-corrected chi connectivity index (χ2v) is 8.73. The molecule has 1 aliphatic carbocycles. The largest absolute Gasteiger partial charge is 0.234 e. The molecule has 1 aliphatic rings. The van der Waals surface area contributed by atoms with E-state index in [1.54, 1.807) is 0 Å². The van der Waals surface area contributed by atoms with Crippen LogP contribution in [-0.2, 0) is 19.6 Å². The summed E-state index contributed by atoms with van der Waals surface area (Å²) < 4.78 is 0. The van der Waals surface area contributed by atoms with Crippen molar-refractivity contribution in [2.45, 2.75) is 143 Å². The molecule has 162 valence electrons. The summed E-state index contributed by atoms with van der Waals surface area (Å²) in [7, 11) is 0. The first kappa shape index (κ1) is 24.9.